The van der Waals surface area contributed by atoms with Gasteiger partial charge in [0.15, 0.2) is 0 Å². The average Bonchev–Trinajstić information content (AvgIpc) is 2.78. The third-order valence-electron chi connectivity index (χ3n) is 6.00. The van der Waals surface area contributed by atoms with Crippen LogP contribution in [0.5, 0.6) is 0 Å². The third-order valence-corrected chi connectivity index (χ3v) is 6.00. The van der Waals surface area contributed by atoms with Gasteiger partial charge in [-0.3, -0.25) is 0 Å². The van der Waals surface area contributed by atoms with Gasteiger partial charge in [0.2, 0.25) is 0 Å². The summed E-state index contributed by atoms with van der Waals surface area (Å²) in [6.07, 6.45) is 7.66. The Balaban J connectivity index is 1.56. The van der Waals surface area contributed by atoms with Crippen LogP contribution in [-0.4, -0.2) is 23.4 Å². The molecular weight excluding hydrogens is 224 g/mol. The fourth-order valence-electron chi connectivity index (χ4n) is 4.82. The molecule has 0 radical (unpaired) electrons. The van der Waals surface area contributed by atoms with Crippen LogP contribution in [0.2, 0.25) is 0 Å². The lowest BCUT2D eigenvalue weighted by Gasteiger charge is -2.23. The highest BCUT2D eigenvalue weighted by Crippen LogP contribution is 2.51. The predicted octanol–water partition coefficient (Wildman–Crippen LogP) is 3.23. The first-order valence-corrected chi connectivity index (χ1v) is 7.89. The molecule has 0 aromatic rings. The summed E-state index contributed by atoms with van der Waals surface area (Å²) < 4.78 is 5.66. The molecular formula is C16H28O2. The summed E-state index contributed by atoms with van der Waals surface area (Å²) in [5.41, 5.74) is 0. The van der Waals surface area contributed by atoms with Gasteiger partial charge in [0, 0.05) is 0 Å². The van der Waals surface area contributed by atoms with Crippen molar-refractivity contribution in [3.63, 3.8) is 0 Å². The number of ether oxygens (including phenoxy) is 1. The molecule has 1 saturated heterocycles. The molecule has 8 unspecified atom stereocenters. The largest absolute Gasteiger partial charge is 0.393 e. The molecule has 3 aliphatic rings. The van der Waals surface area contributed by atoms with Gasteiger partial charge in [-0.05, 0) is 75.5 Å². The molecule has 104 valence electrons. The molecule has 1 N–H and O–H groups in total. The van der Waals surface area contributed by atoms with Gasteiger partial charge < -0.3 is 9.84 Å². The van der Waals surface area contributed by atoms with Crippen LogP contribution in [0.25, 0.3) is 0 Å². The van der Waals surface area contributed by atoms with Crippen molar-refractivity contribution < 1.29 is 9.84 Å². The van der Waals surface area contributed by atoms with Crippen molar-refractivity contribution in [1.82, 2.24) is 0 Å². The summed E-state index contributed by atoms with van der Waals surface area (Å²) >= 11 is 0. The van der Waals surface area contributed by atoms with E-state index >= 15 is 0 Å². The smallest absolute Gasteiger partial charge is 0.0867 e. The lowest BCUT2D eigenvalue weighted by molar-refractivity contribution is 0.123. The lowest BCUT2D eigenvalue weighted by atomic mass is 9.82. The second kappa shape index (κ2) is 4.79. The van der Waals surface area contributed by atoms with Crippen molar-refractivity contribution in [3.8, 4) is 0 Å². The quantitative estimate of drug-likeness (QED) is 0.782. The number of hydrogen-bond donors (Lipinski definition) is 1. The van der Waals surface area contributed by atoms with Crippen LogP contribution in [0.4, 0.5) is 0 Å². The number of epoxide rings is 1. The van der Waals surface area contributed by atoms with Gasteiger partial charge in [-0.25, -0.2) is 0 Å². The SMILES string of the molecule is CC(O)C1CC(C)C(C2CCC(C3OC3C)C2)C1. The Labute approximate surface area is 111 Å². The van der Waals surface area contributed by atoms with Crippen LogP contribution in [0, 0.1) is 29.6 Å². The molecule has 8 atom stereocenters. The van der Waals surface area contributed by atoms with E-state index in [0.29, 0.717) is 18.1 Å². The van der Waals surface area contributed by atoms with E-state index in [4.69, 9.17) is 4.74 Å². The van der Waals surface area contributed by atoms with Gasteiger partial charge in [0.1, 0.15) is 0 Å². The monoisotopic (exact) mass is 252 g/mol. The maximum Gasteiger partial charge on any atom is 0.0867 e. The first-order valence-electron chi connectivity index (χ1n) is 7.89. The number of aliphatic hydroxyl groups is 1. The second-order valence-corrected chi connectivity index (χ2v) is 7.25. The van der Waals surface area contributed by atoms with E-state index < -0.39 is 0 Å². The molecule has 1 heterocycles. The standard InChI is InChI=1S/C16H28O2/c1-9-6-14(10(2)17)8-15(9)12-4-5-13(7-12)16-11(3)18-16/h9-17H,4-8H2,1-3H3. The molecule has 0 spiro atoms. The summed E-state index contributed by atoms with van der Waals surface area (Å²) in [5, 5.41) is 9.80. The van der Waals surface area contributed by atoms with Crippen molar-refractivity contribution in [2.24, 2.45) is 29.6 Å². The predicted molar refractivity (Wildman–Crippen MR) is 72.2 cm³/mol. The van der Waals surface area contributed by atoms with Gasteiger partial charge in [-0.15, -0.1) is 0 Å². The van der Waals surface area contributed by atoms with Gasteiger partial charge in [-0.1, -0.05) is 6.92 Å². The molecule has 3 rings (SSSR count). The highest BCUT2D eigenvalue weighted by Gasteiger charge is 2.47. The molecule has 0 amide bonds. The van der Waals surface area contributed by atoms with Crippen LogP contribution in [0.3, 0.4) is 0 Å². The molecule has 0 bridgehead atoms. The van der Waals surface area contributed by atoms with Gasteiger partial charge in [0.05, 0.1) is 18.3 Å². The Hall–Kier alpha value is -0.0800. The average molecular weight is 252 g/mol. The van der Waals surface area contributed by atoms with Crippen molar-refractivity contribution in [3.05, 3.63) is 0 Å². The van der Waals surface area contributed by atoms with E-state index in [9.17, 15) is 5.11 Å². The Bertz CT molecular complexity index is 301. The van der Waals surface area contributed by atoms with E-state index in [1.54, 1.807) is 0 Å². The molecule has 2 heteroatoms. The Morgan fingerprint density at radius 3 is 2.28 bits per heavy atom. The molecule has 0 aromatic carbocycles. The van der Waals surface area contributed by atoms with E-state index in [2.05, 4.69) is 13.8 Å². The molecule has 0 aromatic heterocycles. The van der Waals surface area contributed by atoms with E-state index in [-0.39, 0.29) is 6.10 Å². The summed E-state index contributed by atoms with van der Waals surface area (Å²) in [6.45, 7) is 6.58. The molecule has 2 nitrogen and oxygen atoms in total. The molecule has 3 fully saturated rings. The minimum atomic E-state index is -0.110. The Kier molecular flexibility index (Phi) is 3.44. The van der Waals surface area contributed by atoms with Crippen molar-refractivity contribution in [1.29, 1.82) is 0 Å². The number of rotatable bonds is 3. The topological polar surface area (TPSA) is 32.8 Å². The minimum Gasteiger partial charge on any atom is -0.393 e. The van der Waals surface area contributed by atoms with E-state index in [1.807, 2.05) is 6.92 Å². The fraction of sp³-hybridized carbons (Fsp3) is 1.00. The van der Waals surface area contributed by atoms with Crippen molar-refractivity contribution >= 4 is 0 Å². The van der Waals surface area contributed by atoms with Crippen LogP contribution in [0.1, 0.15) is 52.9 Å². The fourth-order valence-corrected chi connectivity index (χ4v) is 4.82. The minimum absolute atomic E-state index is 0.110. The van der Waals surface area contributed by atoms with Crippen LogP contribution >= 0.6 is 0 Å². The number of aliphatic hydroxyl groups excluding tert-OH is 1. The maximum absolute atomic E-state index is 9.80. The normalized spacial score (nSPS) is 53.7. The summed E-state index contributed by atoms with van der Waals surface area (Å²) in [7, 11) is 0. The van der Waals surface area contributed by atoms with Gasteiger partial charge in [0.25, 0.3) is 0 Å². The van der Waals surface area contributed by atoms with Crippen molar-refractivity contribution in [2.75, 3.05) is 0 Å². The zero-order valence-electron chi connectivity index (χ0n) is 12.0. The third kappa shape index (κ3) is 2.34. The van der Waals surface area contributed by atoms with Crippen LogP contribution < -0.4 is 0 Å². The summed E-state index contributed by atoms with van der Waals surface area (Å²) in [6, 6.07) is 0. The molecule has 18 heavy (non-hydrogen) atoms. The first kappa shape index (κ1) is 12.9. The molecule has 2 saturated carbocycles. The van der Waals surface area contributed by atoms with E-state index in [0.717, 1.165) is 23.7 Å². The summed E-state index contributed by atoms with van der Waals surface area (Å²) in [4.78, 5) is 0. The van der Waals surface area contributed by atoms with Crippen LogP contribution in [0.15, 0.2) is 0 Å². The second-order valence-electron chi connectivity index (χ2n) is 7.25. The highest BCUT2D eigenvalue weighted by molar-refractivity contribution is 4.96. The van der Waals surface area contributed by atoms with Crippen LogP contribution in [-0.2, 0) is 4.74 Å². The Morgan fingerprint density at radius 2 is 1.72 bits per heavy atom. The summed E-state index contributed by atoms with van der Waals surface area (Å²) in [5.74, 6) is 3.97. The van der Waals surface area contributed by atoms with Gasteiger partial charge >= 0.3 is 0 Å². The highest BCUT2D eigenvalue weighted by atomic mass is 16.6. The zero-order valence-corrected chi connectivity index (χ0v) is 12.0. The van der Waals surface area contributed by atoms with Gasteiger partial charge in [-0.2, -0.15) is 0 Å². The number of hydrogen-bond acceptors (Lipinski definition) is 2. The van der Waals surface area contributed by atoms with Crippen molar-refractivity contribution in [2.45, 2.75) is 71.2 Å². The molecule has 2 aliphatic carbocycles. The Morgan fingerprint density at radius 1 is 1.06 bits per heavy atom. The molecule has 1 aliphatic heterocycles. The zero-order chi connectivity index (χ0) is 12.9. The lowest BCUT2D eigenvalue weighted by Crippen LogP contribution is -2.17. The maximum atomic E-state index is 9.80. The van der Waals surface area contributed by atoms with E-state index in [1.165, 1.54) is 32.1 Å². The first-order chi connectivity index (χ1) is 8.56.